The van der Waals surface area contributed by atoms with Gasteiger partial charge in [-0.2, -0.15) is 13.7 Å². The summed E-state index contributed by atoms with van der Waals surface area (Å²) in [5.41, 5.74) is 1.72. The summed E-state index contributed by atoms with van der Waals surface area (Å²) >= 11 is 0. The highest BCUT2D eigenvalue weighted by Gasteiger charge is 2.19. The molecule has 0 atom stereocenters. The fourth-order valence-electron chi connectivity index (χ4n) is 2.46. The maximum atomic E-state index is 12.3. The number of hydrogen-bond acceptors (Lipinski definition) is 5. The van der Waals surface area contributed by atoms with Crippen LogP contribution in [0.1, 0.15) is 21.5 Å². The first kappa shape index (κ1) is 19.3. The van der Waals surface area contributed by atoms with Crippen LogP contribution in [0.3, 0.4) is 0 Å². The maximum absolute atomic E-state index is 12.3. The lowest BCUT2D eigenvalue weighted by molar-refractivity contribution is 0.102. The molecule has 0 heterocycles. The number of carbonyl (C=O) groups excluding carboxylic acids is 1. The zero-order valence-corrected chi connectivity index (χ0v) is 15.5. The lowest BCUT2D eigenvalue weighted by Crippen LogP contribution is -2.12. The lowest BCUT2D eigenvalue weighted by Gasteiger charge is -2.08. The van der Waals surface area contributed by atoms with E-state index in [2.05, 4.69) is 5.32 Å². The average molecular weight is 392 g/mol. The van der Waals surface area contributed by atoms with E-state index >= 15 is 0 Å². The third kappa shape index (κ3) is 4.62. The van der Waals surface area contributed by atoms with E-state index in [1.54, 1.807) is 42.5 Å². The molecule has 0 aromatic heterocycles. The van der Waals surface area contributed by atoms with Gasteiger partial charge in [-0.05, 0) is 42.0 Å². The second-order valence-corrected chi connectivity index (χ2v) is 7.43. The lowest BCUT2D eigenvalue weighted by atomic mass is 10.1. The summed E-state index contributed by atoms with van der Waals surface area (Å²) in [4.78, 5) is 12.1. The molecule has 3 aromatic carbocycles. The minimum Gasteiger partial charge on any atom is -0.322 e. The Hall–Kier alpha value is -3.47. The van der Waals surface area contributed by atoms with Crippen LogP contribution in [0.5, 0.6) is 0 Å². The number of para-hydroxylation sites is 1. The van der Waals surface area contributed by atoms with Crippen molar-refractivity contribution in [1.82, 2.24) is 0 Å². The fraction of sp³-hybridized carbons (Fsp3) is 0.0476. The van der Waals surface area contributed by atoms with E-state index in [9.17, 15) is 13.2 Å². The van der Waals surface area contributed by atoms with Gasteiger partial charge < -0.3 is 5.32 Å². The molecule has 7 heteroatoms. The molecular formula is C21H16N2O4S. The van der Waals surface area contributed by atoms with Gasteiger partial charge in [-0.15, -0.1) is 0 Å². The van der Waals surface area contributed by atoms with Gasteiger partial charge in [-0.3, -0.25) is 8.98 Å². The quantitative estimate of drug-likeness (QED) is 0.645. The Balaban J connectivity index is 1.66. The number of nitriles is 1. The SMILES string of the molecule is N#Cc1ccccc1S(=O)(=O)OCc1ccc(C(=O)Nc2ccccc2)cc1. The highest BCUT2D eigenvalue weighted by molar-refractivity contribution is 7.86. The third-order valence-electron chi connectivity index (χ3n) is 3.91. The zero-order valence-electron chi connectivity index (χ0n) is 14.7. The average Bonchev–Trinajstić information content (AvgIpc) is 2.73. The van der Waals surface area contributed by atoms with Gasteiger partial charge in [0.1, 0.15) is 11.0 Å². The molecule has 0 unspecified atom stereocenters. The van der Waals surface area contributed by atoms with E-state index in [-0.39, 0.29) is 23.0 Å². The molecular weight excluding hydrogens is 376 g/mol. The third-order valence-corrected chi connectivity index (χ3v) is 5.23. The Morgan fingerprint density at radius 2 is 1.57 bits per heavy atom. The molecule has 6 nitrogen and oxygen atoms in total. The van der Waals surface area contributed by atoms with Gasteiger partial charge in [0, 0.05) is 11.3 Å². The van der Waals surface area contributed by atoms with Gasteiger partial charge in [-0.25, -0.2) is 0 Å². The maximum Gasteiger partial charge on any atom is 0.298 e. The van der Waals surface area contributed by atoms with Crippen LogP contribution < -0.4 is 5.32 Å². The van der Waals surface area contributed by atoms with E-state index in [0.717, 1.165) is 0 Å². The minimum atomic E-state index is -4.07. The molecule has 1 N–H and O–H groups in total. The first-order valence-electron chi connectivity index (χ1n) is 8.33. The van der Waals surface area contributed by atoms with Crippen LogP contribution in [0.25, 0.3) is 0 Å². The molecule has 0 aliphatic heterocycles. The number of nitrogens with one attached hydrogen (secondary N) is 1. The summed E-state index contributed by atoms with van der Waals surface area (Å²) in [6, 6.07) is 23.2. The molecule has 28 heavy (non-hydrogen) atoms. The minimum absolute atomic E-state index is 0.0235. The summed E-state index contributed by atoms with van der Waals surface area (Å²) in [5.74, 6) is -0.269. The Labute approximate surface area is 163 Å². The van der Waals surface area contributed by atoms with E-state index in [0.29, 0.717) is 16.8 Å². The molecule has 0 saturated heterocycles. The van der Waals surface area contributed by atoms with Crippen molar-refractivity contribution in [2.24, 2.45) is 0 Å². The highest BCUT2D eigenvalue weighted by Crippen LogP contribution is 2.19. The molecule has 3 rings (SSSR count). The molecule has 0 aliphatic rings. The van der Waals surface area contributed by atoms with Crippen LogP contribution in [0, 0.1) is 11.3 Å². The van der Waals surface area contributed by atoms with E-state index in [1.807, 2.05) is 24.3 Å². The molecule has 3 aromatic rings. The second-order valence-electron chi connectivity index (χ2n) is 5.84. The number of nitrogens with zero attached hydrogens (tertiary/aromatic N) is 1. The van der Waals surface area contributed by atoms with Crippen LogP contribution in [-0.2, 0) is 20.9 Å². The molecule has 1 amide bonds. The second kappa shape index (κ2) is 8.48. The Kier molecular flexibility index (Phi) is 5.84. The van der Waals surface area contributed by atoms with Crippen LogP contribution in [0.15, 0.2) is 83.8 Å². The van der Waals surface area contributed by atoms with E-state index in [1.165, 1.54) is 18.2 Å². The van der Waals surface area contributed by atoms with E-state index in [4.69, 9.17) is 9.44 Å². The molecule has 0 bridgehead atoms. The van der Waals surface area contributed by atoms with Gasteiger partial charge in [0.15, 0.2) is 0 Å². The summed E-state index contributed by atoms with van der Waals surface area (Å²) in [6.45, 7) is -0.206. The molecule has 140 valence electrons. The summed E-state index contributed by atoms with van der Waals surface area (Å²) in [6.07, 6.45) is 0. The Bertz CT molecular complexity index is 1120. The Morgan fingerprint density at radius 1 is 0.929 bits per heavy atom. The first-order valence-corrected chi connectivity index (χ1v) is 9.74. The van der Waals surface area contributed by atoms with Crippen molar-refractivity contribution >= 4 is 21.7 Å². The number of amides is 1. The predicted molar refractivity (Wildman–Crippen MR) is 104 cm³/mol. The summed E-state index contributed by atoms with van der Waals surface area (Å²) in [5, 5.41) is 11.8. The number of rotatable bonds is 6. The largest absolute Gasteiger partial charge is 0.322 e. The summed E-state index contributed by atoms with van der Waals surface area (Å²) in [7, 11) is -4.07. The van der Waals surface area contributed by atoms with Gasteiger partial charge in [-0.1, -0.05) is 42.5 Å². The van der Waals surface area contributed by atoms with Crippen molar-refractivity contribution in [3.63, 3.8) is 0 Å². The molecule has 0 saturated carbocycles. The predicted octanol–water partition coefficient (Wildman–Crippen LogP) is 3.72. The molecule has 0 aliphatic carbocycles. The van der Waals surface area contributed by atoms with Crippen LogP contribution in [-0.4, -0.2) is 14.3 Å². The zero-order chi connectivity index (χ0) is 20.0. The van der Waals surface area contributed by atoms with Gasteiger partial charge in [0.25, 0.3) is 16.0 Å². The molecule has 0 fully saturated rings. The Morgan fingerprint density at radius 3 is 2.25 bits per heavy atom. The van der Waals surface area contributed by atoms with Crippen molar-refractivity contribution < 1.29 is 17.4 Å². The number of benzene rings is 3. The molecule has 0 spiro atoms. The van der Waals surface area contributed by atoms with Crippen molar-refractivity contribution in [3.8, 4) is 6.07 Å². The number of hydrogen-bond donors (Lipinski definition) is 1. The standard InChI is InChI=1S/C21H16N2O4S/c22-14-18-6-4-5-9-20(18)28(25,26)27-15-16-10-12-17(13-11-16)21(24)23-19-7-2-1-3-8-19/h1-13H,15H2,(H,23,24). The molecule has 0 radical (unpaired) electrons. The first-order chi connectivity index (χ1) is 13.5. The van der Waals surface area contributed by atoms with Crippen LogP contribution in [0.4, 0.5) is 5.69 Å². The fourth-order valence-corrected chi connectivity index (χ4v) is 3.51. The van der Waals surface area contributed by atoms with Crippen molar-refractivity contribution in [2.45, 2.75) is 11.5 Å². The van der Waals surface area contributed by atoms with Crippen LogP contribution in [0.2, 0.25) is 0 Å². The van der Waals surface area contributed by atoms with Crippen molar-refractivity contribution in [1.29, 1.82) is 5.26 Å². The number of carbonyl (C=O) groups is 1. The van der Waals surface area contributed by atoms with Crippen molar-refractivity contribution in [3.05, 3.63) is 95.6 Å². The normalized spacial score (nSPS) is 10.8. The van der Waals surface area contributed by atoms with Gasteiger partial charge in [0.05, 0.1) is 12.2 Å². The highest BCUT2D eigenvalue weighted by atomic mass is 32.2. The van der Waals surface area contributed by atoms with Gasteiger partial charge >= 0.3 is 0 Å². The van der Waals surface area contributed by atoms with Gasteiger partial charge in [0.2, 0.25) is 0 Å². The van der Waals surface area contributed by atoms with E-state index < -0.39 is 10.1 Å². The summed E-state index contributed by atoms with van der Waals surface area (Å²) < 4.78 is 29.7. The smallest absolute Gasteiger partial charge is 0.298 e. The van der Waals surface area contributed by atoms with Crippen LogP contribution >= 0.6 is 0 Å². The monoisotopic (exact) mass is 392 g/mol. The topological polar surface area (TPSA) is 96.3 Å². The number of anilines is 1. The van der Waals surface area contributed by atoms with Crippen molar-refractivity contribution in [2.75, 3.05) is 5.32 Å².